The van der Waals surface area contributed by atoms with Crippen molar-refractivity contribution in [3.05, 3.63) is 62.2 Å². The summed E-state index contributed by atoms with van der Waals surface area (Å²) in [5, 5.41) is 21.6. The number of ether oxygens (including phenoxy) is 2. The smallest absolute Gasteiger partial charge is 0.338 e. The quantitative estimate of drug-likeness (QED) is 0.245. The molecule has 178 valence electrons. The van der Waals surface area contributed by atoms with E-state index in [9.17, 15) is 24.8 Å². The van der Waals surface area contributed by atoms with Gasteiger partial charge in [-0.3, -0.25) is 14.9 Å². The Morgan fingerprint density at radius 3 is 2.06 bits per heavy atom. The van der Waals surface area contributed by atoms with Crippen LogP contribution in [-0.2, 0) is 20.4 Å². The third-order valence-corrected chi connectivity index (χ3v) is 5.17. The van der Waals surface area contributed by atoms with E-state index < -0.39 is 27.7 Å². The number of hydrogen-bond donors (Lipinski definition) is 1. The summed E-state index contributed by atoms with van der Waals surface area (Å²) in [5.41, 5.74) is 0.294. The minimum atomic E-state index is -0.726. The molecule has 9 heteroatoms. The molecule has 1 N–H and O–H groups in total. The number of aromatic hydroxyl groups is 1. The molecule has 0 aliphatic rings. The lowest BCUT2D eigenvalue weighted by Crippen LogP contribution is -2.20. The van der Waals surface area contributed by atoms with Gasteiger partial charge in [0.05, 0.1) is 23.0 Å². The first-order valence-corrected chi connectivity index (χ1v) is 10.7. The normalized spacial score (nSPS) is 11.7. The second-order valence-electron chi connectivity index (χ2n) is 9.65. The maximum Gasteiger partial charge on any atom is 0.338 e. The van der Waals surface area contributed by atoms with Gasteiger partial charge >= 0.3 is 11.9 Å². The van der Waals surface area contributed by atoms with Gasteiger partial charge in [0.25, 0.3) is 5.69 Å². The number of rotatable bonds is 6. The maximum absolute atomic E-state index is 12.7. The van der Waals surface area contributed by atoms with Gasteiger partial charge in [0.15, 0.2) is 0 Å². The molecule has 0 fully saturated rings. The van der Waals surface area contributed by atoms with Crippen LogP contribution < -0.4 is 4.74 Å². The van der Waals surface area contributed by atoms with Gasteiger partial charge in [-0.2, -0.15) is 0 Å². The molecule has 2 rings (SSSR count). The molecule has 8 nitrogen and oxygen atoms in total. The lowest BCUT2D eigenvalue weighted by molar-refractivity contribution is -0.384. The van der Waals surface area contributed by atoms with Gasteiger partial charge in [0, 0.05) is 11.1 Å². The number of carbonyl (C=O) groups excluding carboxylic acids is 2. The van der Waals surface area contributed by atoms with E-state index in [0.29, 0.717) is 11.1 Å². The third-order valence-electron chi connectivity index (χ3n) is 4.85. The minimum Gasteiger partial charge on any atom is -0.507 e. The number of nitrogens with zero attached hydrogens (tertiary/aromatic N) is 1. The Labute approximate surface area is 197 Å². The molecule has 0 saturated carbocycles. The van der Waals surface area contributed by atoms with E-state index in [1.807, 2.05) is 41.5 Å². The van der Waals surface area contributed by atoms with Crippen LogP contribution in [0.3, 0.4) is 0 Å². The van der Waals surface area contributed by atoms with Crippen molar-refractivity contribution in [2.24, 2.45) is 0 Å². The van der Waals surface area contributed by atoms with Gasteiger partial charge in [-0.05, 0) is 35.1 Å². The number of benzene rings is 2. The largest absolute Gasteiger partial charge is 0.507 e. The first-order chi connectivity index (χ1) is 15.1. The van der Waals surface area contributed by atoms with E-state index in [1.54, 1.807) is 12.1 Å². The zero-order valence-corrected chi connectivity index (χ0v) is 20.3. The molecule has 33 heavy (non-hydrogen) atoms. The lowest BCUT2D eigenvalue weighted by Gasteiger charge is -2.27. The van der Waals surface area contributed by atoms with Crippen LogP contribution in [-0.4, -0.2) is 28.6 Å². The molecule has 0 radical (unpaired) electrons. The average Bonchev–Trinajstić information content (AvgIpc) is 2.67. The SMILES string of the molecule is CC(C)(C)c1cc(C(=O)OCCC(=O)Oc2ccc(Cl)c([N+](=O)[O-])c2)cc(C(C)(C)C)c1O. The highest BCUT2D eigenvalue weighted by Crippen LogP contribution is 2.40. The first kappa shape index (κ1) is 26.1. The summed E-state index contributed by atoms with van der Waals surface area (Å²) in [6.07, 6.45) is -0.251. The molecule has 0 bridgehead atoms. The highest BCUT2D eigenvalue weighted by Gasteiger charge is 2.28. The fraction of sp³-hybridized carbons (Fsp3) is 0.417. The molecule has 0 heterocycles. The van der Waals surface area contributed by atoms with Crippen molar-refractivity contribution in [3.63, 3.8) is 0 Å². The van der Waals surface area contributed by atoms with Crippen LogP contribution in [0.25, 0.3) is 0 Å². The monoisotopic (exact) mass is 477 g/mol. The van der Waals surface area contributed by atoms with Crippen LogP contribution in [0.2, 0.25) is 5.02 Å². The lowest BCUT2D eigenvalue weighted by atomic mass is 9.78. The molecule has 0 atom stereocenters. The van der Waals surface area contributed by atoms with Crippen molar-refractivity contribution in [1.29, 1.82) is 0 Å². The zero-order chi connectivity index (χ0) is 25.1. The number of halogens is 1. The number of hydrogen-bond acceptors (Lipinski definition) is 7. The van der Waals surface area contributed by atoms with Gasteiger partial charge in [0.1, 0.15) is 23.1 Å². The Balaban J connectivity index is 2.10. The van der Waals surface area contributed by atoms with Gasteiger partial charge in [-0.25, -0.2) is 4.79 Å². The van der Waals surface area contributed by atoms with Gasteiger partial charge < -0.3 is 14.6 Å². The van der Waals surface area contributed by atoms with Crippen molar-refractivity contribution in [3.8, 4) is 11.5 Å². The molecule has 0 unspecified atom stereocenters. The Bertz CT molecular complexity index is 1050. The molecule has 2 aromatic carbocycles. The van der Waals surface area contributed by atoms with Crippen molar-refractivity contribution in [2.45, 2.75) is 58.8 Å². The van der Waals surface area contributed by atoms with E-state index in [4.69, 9.17) is 21.1 Å². The number of nitro benzene ring substituents is 1. The van der Waals surface area contributed by atoms with E-state index in [0.717, 1.165) is 6.07 Å². The summed E-state index contributed by atoms with van der Waals surface area (Å²) in [7, 11) is 0. The molecule has 0 aliphatic carbocycles. The van der Waals surface area contributed by atoms with Crippen LogP contribution in [0, 0.1) is 10.1 Å². The van der Waals surface area contributed by atoms with E-state index in [2.05, 4.69) is 0 Å². The second-order valence-corrected chi connectivity index (χ2v) is 10.1. The Morgan fingerprint density at radius 2 is 1.58 bits per heavy atom. The highest BCUT2D eigenvalue weighted by molar-refractivity contribution is 6.32. The van der Waals surface area contributed by atoms with Crippen LogP contribution in [0.15, 0.2) is 30.3 Å². The molecule has 0 saturated heterocycles. The summed E-state index contributed by atoms with van der Waals surface area (Å²) in [4.78, 5) is 35.0. The first-order valence-electron chi connectivity index (χ1n) is 10.3. The summed E-state index contributed by atoms with van der Waals surface area (Å²) in [6.45, 7) is 11.3. The van der Waals surface area contributed by atoms with E-state index >= 15 is 0 Å². The number of nitro groups is 1. The summed E-state index contributed by atoms with van der Waals surface area (Å²) >= 11 is 5.74. The average molecular weight is 478 g/mol. The topological polar surface area (TPSA) is 116 Å². The molecular weight excluding hydrogens is 450 g/mol. The number of phenolic OH excluding ortho intramolecular Hbond substituents is 1. The van der Waals surface area contributed by atoms with Crippen molar-refractivity contribution < 1.29 is 29.1 Å². The van der Waals surface area contributed by atoms with Gasteiger partial charge in [-0.15, -0.1) is 0 Å². The van der Waals surface area contributed by atoms with Gasteiger partial charge in [-0.1, -0.05) is 53.1 Å². The second kappa shape index (κ2) is 9.79. The molecular formula is C24H28ClNO7. The standard InChI is InChI=1S/C24H28ClNO7/c1-23(2,3)16-11-14(12-17(21(16)28)24(4,5)6)22(29)32-10-9-20(27)33-15-7-8-18(25)19(13-15)26(30)31/h7-8,11-13,28H,9-10H2,1-6H3. The highest BCUT2D eigenvalue weighted by atomic mass is 35.5. The maximum atomic E-state index is 12.7. The number of esters is 2. The minimum absolute atomic E-state index is 0.0365. The summed E-state index contributed by atoms with van der Waals surface area (Å²) < 4.78 is 10.3. The van der Waals surface area contributed by atoms with Crippen LogP contribution in [0.1, 0.15) is 69.4 Å². The van der Waals surface area contributed by atoms with E-state index in [-0.39, 0.29) is 40.8 Å². The van der Waals surface area contributed by atoms with Crippen LogP contribution >= 0.6 is 11.6 Å². The predicted octanol–water partition coefficient (Wildman–Crippen LogP) is 5.70. The Kier molecular flexibility index (Phi) is 7.75. The molecule has 0 aliphatic heterocycles. The Morgan fingerprint density at radius 1 is 1.03 bits per heavy atom. The summed E-state index contributed by atoms with van der Waals surface area (Å²) in [6, 6.07) is 6.82. The fourth-order valence-electron chi connectivity index (χ4n) is 3.08. The van der Waals surface area contributed by atoms with E-state index in [1.165, 1.54) is 12.1 Å². The molecule has 0 spiro atoms. The van der Waals surface area contributed by atoms with Crippen molar-refractivity contribution in [2.75, 3.05) is 6.61 Å². The van der Waals surface area contributed by atoms with Gasteiger partial charge in [0.2, 0.25) is 0 Å². The van der Waals surface area contributed by atoms with Crippen LogP contribution in [0.4, 0.5) is 5.69 Å². The zero-order valence-electron chi connectivity index (χ0n) is 19.5. The molecule has 0 amide bonds. The fourth-order valence-corrected chi connectivity index (χ4v) is 3.27. The Hall–Kier alpha value is -3.13. The van der Waals surface area contributed by atoms with Crippen molar-refractivity contribution in [1.82, 2.24) is 0 Å². The molecule has 2 aromatic rings. The number of phenols is 1. The third kappa shape index (κ3) is 6.68. The van der Waals surface area contributed by atoms with Crippen LogP contribution in [0.5, 0.6) is 11.5 Å². The molecule has 0 aromatic heterocycles. The predicted molar refractivity (Wildman–Crippen MR) is 124 cm³/mol. The van der Waals surface area contributed by atoms with Crippen molar-refractivity contribution >= 4 is 29.2 Å². The summed E-state index contributed by atoms with van der Waals surface area (Å²) in [5.74, 6) is -1.25. The number of carbonyl (C=O) groups is 2.